The maximum absolute atomic E-state index is 10.9. The summed E-state index contributed by atoms with van der Waals surface area (Å²) >= 11 is 1.63. The highest BCUT2D eigenvalue weighted by Crippen LogP contribution is 2.29. The molecule has 0 atom stereocenters. The molecule has 0 amide bonds. The first kappa shape index (κ1) is 11.7. The summed E-state index contributed by atoms with van der Waals surface area (Å²) in [7, 11) is 1.75. The summed E-state index contributed by atoms with van der Waals surface area (Å²) in [5.74, 6) is -1.01. The van der Waals surface area contributed by atoms with E-state index in [1.54, 1.807) is 29.6 Å². The Kier molecular flexibility index (Phi) is 3.19. The second-order valence-corrected chi connectivity index (χ2v) is 4.39. The van der Waals surface area contributed by atoms with Crippen LogP contribution in [0.15, 0.2) is 35.2 Å². The summed E-state index contributed by atoms with van der Waals surface area (Å²) < 4.78 is 1.60. The van der Waals surface area contributed by atoms with E-state index in [9.17, 15) is 4.79 Å². The van der Waals surface area contributed by atoms with Crippen LogP contribution in [-0.4, -0.2) is 27.1 Å². The predicted octanol–water partition coefficient (Wildman–Crippen LogP) is 2.51. The maximum atomic E-state index is 10.9. The van der Waals surface area contributed by atoms with Gasteiger partial charge in [-0.3, -0.25) is 4.68 Å². The zero-order chi connectivity index (χ0) is 12.4. The van der Waals surface area contributed by atoms with E-state index in [0.717, 1.165) is 16.2 Å². The molecule has 2 aromatic rings. The van der Waals surface area contributed by atoms with Crippen molar-refractivity contribution in [2.45, 2.75) is 4.90 Å². The summed E-state index contributed by atoms with van der Waals surface area (Å²) in [6.07, 6.45) is 1.99. The summed E-state index contributed by atoms with van der Waals surface area (Å²) in [5, 5.41) is 12.9. The van der Waals surface area contributed by atoms with Crippen molar-refractivity contribution in [1.82, 2.24) is 9.78 Å². The molecule has 4 nitrogen and oxygen atoms in total. The second-order valence-electron chi connectivity index (χ2n) is 3.54. The number of aryl methyl sites for hydroxylation is 1. The van der Waals surface area contributed by atoms with Gasteiger partial charge >= 0.3 is 5.97 Å². The SMILES string of the molecule is CSc1ccccc1-c1cc(C(=O)O)nn1C. The number of carbonyl (C=O) groups is 1. The van der Waals surface area contributed by atoms with Gasteiger partial charge in [-0.2, -0.15) is 5.10 Å². The molecule has 0 fully saturated rings. The Morgan fingerprint density at radius 1 is 1.41 bits per heavy atom. The Hall–Kier alpha value is -1.75. The van der Waals surface area contributed by atoms with E-state index < -0.39 is 5.97 Å². The first-order chi connectivity index (χ1) is 8.13. The van der Waals surface area contributed by atoms with Gasteiger partial charge < -0.3 is 5.11 Å². The fourth-order valence-corrected chi connectivity index (χ4v) is 2.29. The monoisotopic (exact) mass is 248 g/mol. The molecule has 0 radical (unpaired) electrons. The van der Waals surface area contributed by atoms with Gasteiger partial charge in [0.2, 0.25) is 0 Å². The fourth-order valence-electron chi connectivity index (χ4n) is 1.68. The summed E-state index contributed by atoms with van der Waals surface area (Å²) in [4.78, 5) is 12.0. The van der Waals surface area contributed by atoms with E-state index in [1.165, 1.54) is 0 Å². The molecule has 0 saturated heterocycles. The zero-order valence-electron chi connectivity index (χ0n) is 9.54. The highest BCUT2D eigenvalue weighted by atomic mass is 32.2. The lowest BCUT2D eigenvalue weighted by Gasteiger charge is -2.06. The van der Waals surface area contributed by atoms with Crippen molar-refractivity contribution < 1.29 is 9.90 Å². The predicted molar refractivity (Wildman–Crippen MR) is 67.4 cm³/mol. The normalized spacial score (nSPS) is 10.5. The highest BCUT2D eigenvalue weighted by molar-refractivity contribution is 7.98. The molecule has 1 heterocycles. The molecule has 0 spiro atoms. The Morgan fingerprint density at radius 3 is 2.71 bits per heavy atom. The van der Waals surface area contributed by atoms with Gasteiger partial charge in [0.1, 0.15) is 0 Å². The molecule has 0 aliphatic carbocycles. The molecule has 1 aromatic carbocycles. The first-order valence-electron chi connectivity index (χ1n) is 5.04. The smallest absolute Gasteiger partial charge is 0.356 e. The number of thioether (sulfide) groups is 1. The molecular weight excluding hydrogens is 236 g/mol. The van der Waals surface area contributed by atoms with E-state index in [0.29, 0.717) is 0 Å². The Labute approximate surface area is 103 Å². The van der Waals surface area contributed by atoms with Crippen LogP contribution in [0.2, 0.25) is 0 Å². The Balaban J connectivity index is 2.56. The number of carboxylic acid groups (broad SMARTS) is 1. The van der Waals surface area contributed by atoms with Crippen LogP contribution < -0.4 is 0 Å². The van der Waals surface area contributed by atoms with Crippen LogP contribution >= 0.6 is 11.8 Å². The van der Waals surface area contributed by atoms with Crippen LogP contribution in [0.5, 0.6) is 0 Å². The molecule has 1 N–H and O–H groups in total. The van der Waals surface area contributed by atoms with Crippen LogP contribution in [0.1, 0.15) is 10.5 Å². The van der Waals surface area contributed by atoms with Gasteiger partial charge in [0.25, 0.3) is 0 Å². The maximum Gasteiger partial charge on any atom is 0.356 e. The molecule has 0 aliphatic rings. The lowest BCUT2D eigenvalue weighted by Crippen LogP contribution is -1.99. The first-order valence-corrected chi connectivity index (χ1v) is 6.26. The quantitative estimate of drug-likeness (QED) is 0.848. The van der Waals surface area contributed by atoms with Crippen molar-refractivity contribution >= 4 is 17.7 Å². The molecule has 1 aromatic heterocycles. The van der Waals surface area contributed by atoms with E-state index in [4.69, 9.17) is 5.11 Å². The van der Waals surface area contributed by atoms with Gasteiger partial charge in [-0.15, -0.1) is 11.8 Å². The number of hydrogen-bond donors (Lipinski definition) is 1. The average Bonchev–Trinajstić information content (AvgIpc) is 2.71. The molecular formula is C12H12N2O2S. The van der Waals surface area contributed by atoms with E-state index in [2.05, 4.69) is 5.10 Å². The van der Waals surface area contributed by atoms with E-state index >= 15 is 0 Å². The van der Waals surface area contributed by atoms with Crippen molar-refractivity contribution in [2.75, 3.05) is 6.26 Å². The molecule has 0 aliphatic heterocycles. The van der Waals surface area contributed by atoms with Crippen LogP contribution in [0.3, 0.4) is 0 Å². The molecule has 0 saturated carbocycles. The summed E-state index contributed by atoms with van der Waals surface area (Å²) in [6, 6.07) is 9.46. The zero-order valence-corrected chi connectivity index (χ0v) is 10.4. The van der Waals surface area contributed by atoms with Crippen LogP contribution in [-0.2, 0) is 7.05 Å². The minimum atomic E-state index is -1.01. The molecule has 88 valence electrons. The molecule has 0 unspecified atom stereocenters. The van der Waals surface area contributed by atoms with Gasteiger partial charge in [-0.05, 0) is 18.4 Å². The van der Waals surface area contributed by atoms with E-state index in [1.807, 2.05) is 30.5 Å². The van der Waals surface area contributed by atoms with E-state index in [-0.39, 0.29) is 5.69 Å². The molecule has 0 bridgehead atoms. The summed E-state index contributed by atoms with van der Waals surface area (Å²) in [6.45, 7) is 0. The highest BCUT2D eigenvalue weighted by Gasteiger charge is 2.14. The van der Waals surface area contributed by atoms with Crippen LogP contribution in [0.25, 0.3) is 11.3 Å². The van der Waals surface area contributed by atoms with Crippen molar-refractivity contribution in [2.24, 2.45) is 7.05 Å². The number of aromatic nitrogens is 2. The topological polar surface area (TPSA) is 55.1 Å². The number of nitrogens with zero attached hydrogens (tertiary/aromatic N) is 2. The van der Waals surface area contributed by atoms with Crippen molar-refractivity contribution in [3.63, 3.8) is 0 Å². The molecule has 5 heteroatoms. The Bertz CT molecular complexity index is 563. The second kappa shape index (κ2) is 4.63. The van der Waals surface area contributed by atoms with Gasteiger partial charge in [0.15, 0.2) is 5.69 Å². The minimum absolute atomic E-state index is 0.0680. The van der Waals surface area contributed by atoms with Gasteiger partial charge in [-0.25, -0.2) is 4.79 Å². The lowest BCUT2D eigenvalue weighted by molar-refractivity contribution is 0.0689. The third-order valence-electron chi connectivity index (χ3n) is 2.48. The molecule has 2 rings (SSSR count). The van der Waals surface area contributed by atoms with Gasteiger partial charge in [-0.1, -0.05) is 18.2 Å². The number of carboxylic acids is 1. The standard InChI is InChI=1S/C12H12N2O2S/c1-14-10(7-9(13-14)12(15)16)8-5-3-4-6-11(8)17-2/h3-7H,1-2H3,(H,15,16). The van der Waals surface area contributed by atoms with Crippen molar-refractivity contribution in [1.29, 1.82) is 0 Å². The van der Waals surface area contributed by atoms with Crippen molar-refractivity contribution in [3.8, 4) is 11.3 Å². The Morgan fingerprint density at radius 2 is 2.12 bits per heavy atom. The van der Waals surface area contributed by atoms with Crippen LogP contribution in [0.4, 0.5) is 0 Å². The lowest BCUT2D eigenvalue weighted by atomic mass is 10.1. The van der Waals surface area contributed by atoms with Crippen molar-refractivity contribution in [3.05, 3.63) is 36.0 Å². The van der Waals surface area contributed by atoms with Gasteiger partial charge in [0, 0.05) is 17.5 Å². The minimum Gasteiger partial charge on any atom is -0.476 e. The summed E-state index contributed by atoms with van der Waals surface area (Å²) in [5.41, 5.74) is 1.88. The third kappa shape index (κ3) is 2.19. The van der Waals surface area contributed by atoms with Gasteiger partial charge in [0.05, 0.1) is 5.69 Å². The third-order valence-corrected chi connectivity index (χ3v) is 3.28. The number of rotatable bonds is 3. The average molecular weight is 248 g/mol. The number of aromatic carboxylic acids is 1. The largest absolute Gasteiger partial charge is 0.476 e. The van der Waals surface area contributed by atoms with Crippen LogP contribution in [0, 0.1) is 0 Å². The number of hydrogen-bond acceptors (Lipinski definition) is 3. The molecule has 17 heavy (non-hydrogen) atoms. The fraction of sp³-hybridized carbons (Fsp3) is 0.167. The number of benzene rings is 1.